The molecule has 19 heavy (non-hydrogen) atoms. The fourth-order valence-electron chi connectivity index (χ4n) is 3.75. The molecule has 0 radical (unpaired) electrons. The van der Waals surface area contributed by atoms with E-state index >= 15 is 0 Å². The van der Waals surface area contributed by atoms with E-state index in [2.05, 4.69) is 16.1 Å². The van der Waals surface area contributed by atoms with Crippen molar-refractivity contribution >= 4 is 5.91 Å². The van der Waals surface area contributed by atoms with Crippen LogP contribution in [0.1, 0.15) is 26.2 Å². The third-order valence-electron chi connectivity index (χ3n) is 5.01. The third-order valence-corrected chi connectivity index (χ3v) is 5.01. The number of hydrogen-bond acceptors (Lipinski definition) is 3. The number of allylic oxidation sites excluding steroid dienone is 1. The van der Waals surface area contributed by atoms with Gasteiger partial charge in [-0.2, -0.15) is 5.43 Å². The topological polar surface area (TPSA) is 53.2 Å². The molecule has 3 atom stereocenters. The van der Waals surface area contributed by atoms with E-state index in [-0.39, 0.29) is 18.0 Å². The summed E-state index contributed by atoms with van der Waals surface area (Å²) >= 11 is 0. The van der Waals surface area contributed by atoms with Crippen LogP contribution >= 0.6 is 0 Å². The van der Waals surface area contributed by atoms with Crippen molar-refractivity contribution < 1.29 is 9.39 Å². The molecular weight excluding hydrogens is 240 g/mol. The second-order valence-electron chi connectivity index (χ2n) is 5.92. The SMILES string of the molecule is C/C=C/CNC(=O)C1CN[N+]2(C3CCC3)CCNC12. The van der Waals surface area contributed by atoms with Gasteiger partial charge in [-0.1, -0.05) is 12.2 Å². The van der Waals surface area contributed by atoms with Gasteiger partial charge in [0.05, 0.1) is 13.1 Å². The summed E-state index contributed by atoms with van der Waals surface area (Å²) in [6.07, 6.45) is 8.18. The summed E-state index contributed by atoms with van der Waals surface area (Å²) < 4.78 is 0.946. The van der Waals surface area contributed by atoms with Gasteiger partial charge in [-0.05, 0) is 13.3 Å². The molecule has 5 heteroatoms. The summed E-state index contributed by atoms with van der Waals surface area (Å²) in [6, 6.07) is 0.716. The number of carbonyl (C=O) groups excluding carboxylic acids is 1. The molecule has 0 aromatic rings. The lowest BCUT2D eigenvalue weighted by Crippen LogP contribution is -2.65. The number of rotatable bonds is 4. The lowest BCUT2D eigenvalue weighted by molar-refractivity contribution is -0.996. The molecule has 0 bridgehead atoms. The molecule has 0 spiro atoms. The van der Waals surface area contributed by atoms with Crippen molar-refractivity contribution in [3.05, 3.63) is 12.2 Å². The fraction of sp³-hybridized carbons (Fsp3) is 0.786. The molecule has 3 fully saturated rings. The Bertz CT molecular complexity index is 380. The van der Waals surface area contributed by atoms with E-state index in [9.17, 15) is 4.79 Å². The van der Waals surface area contributed by atoms with Crippen LogP contribution < -0.4 is 16.1 Å². The van der Waals surface area contributed by atoms with Gasteiger partial charge in [-0.3, -0.25) is 10.1 Å². The predicted octanol–water partition coefficient (Wildman–Crippen LogP) is 0.112. The minimum atomic E-state index is 0.0633. The highest BCUT2D eigenvalue weighted by atomic mass is 16.2. The van der Waals surface area contributed by atoms with E-state index in [0.717, 1.165) is 24.2 Å². The Kier molecular flexibility index (Phi) is 3.60. The molecule has 5 nitrogen and oxygen atoms in total. The maximum absolute atomic E-state index is 12.3. The predicted molar refractivity (Wildman–Crippen MR) is 73.9 cm³/mol. The molecule has 0 aromatic carbocycles. The number of quaternary nitrogens is 1. The van der Waals surface area contributed by atoms with Crippen molar-refractivity contribution in [1.82, 2.24) is 16.1 Å². The molecule has 1 amide bonds. The first-order valence-corrected chi connectivity index (χ1v) is 7.53. The number of hydrogen-bond donors (Lipinski definition) is 3. The first-order valence-electron chi connectivity index (χ1n) is 7.53. The highest BCUT2D eigenvalue weighted by Gasteiger charge is 2.59. The molecule has 3 aliphatic rings. The van der Waals surface area contributed by atoms with Gasteiger partial charge in [0.1, 0.15) is 18.5 Å². The Labute approximate surface area is 115 Å². The van der Waals surface area contributed by atoms with Crippen LogP contribution in [0.4, 0.5) is 0 Å². The molecule has 106 valence electrons. The van der Waals surface area contributed by atoms with E-state index in [4.69, 9.17) is 0 Å². The molecule has 0 aromatic heterocycles. The molecule has 1 aliphatic carbocycles. The van der Waals surface area contributed by atoms with Crippen LogP contribution in [0, 0.1) is 5.92 Å². The van der Waals surface area contributed by atoms with Crippen molar-refractivity contribution in [1.29, 1.82) is 0 Å². The lowest BCUT2D eigenvalue weighted by Gasteiger charge is -2.44. The van der Waals surface area contributed by atoms with Crippen molar-refractivity contribution in [2.24, 2.45) is 5.92 Å². The van der Waals surface area contributed by atoms with E-state index in [1.165, 1.54) is 19.3 Å². The van der Waals surface area contributed by atoms with E-state index < -0.39 is 0 Å². The van der Waals surface area contributed by atoms with Gasteiger partial charge in [0.2, 0.25) is 5.91 Å². The molecule has 2 aliphatic heterocycles. The van der Waals surface area contributed by atoms with Gasteiger partial charge in [0, 0.05) is 19.4 Å². The Balaban J connectivity index is 1.66. The molecular formula is C14H25N4O+. The summed E-state index contributed by atoms with van der Waals surface area (Å²) in [5.74, 6) is 0.248. The zero-order valence-electron chi connectivity index (χ0n) is 11.7. The second-order valence-corrected chi connectivity index (χ2v) is 5.92. The number of amides is 1. The van der Waals surface area contributed by atoms with E-state index in [1.807, 2.05) is 19.1 Å². The smallest absolute Gasteiger partial charge is 0.232 e. The largest absolute Gasteiger partial charge is 0.352 e. The minimum absolute atomic E-state index is 0.0633. The maximum atomic E-state index is 12.3. The van der Waals surface area contributed by atoms with Crippen LogP contribution in [-0.2, 0) is 4.79 Å². The van der Waals surface area contributed by atoms with Gasteiger partial charge in [0.25, 0.3) is 0 Å². The summed E-state index contributed by atoms with van der Waals surface area (Å²) in [6.45, 7) is 5.55. The molecule has 2 saturated heterocycles. The number of nitrogens with one attached hydrogen (secondary N) is 3. The number of fused-ring (bicyclic) bond motifs is 1. The van der Waals surface area contributed by atoms with Gasteiger partial charge in [-0.15, -0.1) is 0 Å². The zero-order chi connectivity index (χ0) is 13.3. The van der Waals surface area contributed by atoms with Crippen LogP contribution in [0.15, 0.2) is 12.2 Å². The van der Waals surface area contributed by atoms with E-state index in [1.54, 1.807) is 0 Å². The molecule has 1 saturated carbocycles. The summed E-state index contributed by atoms with van der Waals surface area (Å²) in [5.41, 5.74) is 3.65. The van der Waals surface area contributed by atoms with Gasteiger partial charge < -0.3 is 5.32 Å². The Morgan fingerprint density at radius 1 is 1.47 bits per heavy atom. The zero-order valence-corrected chi connectivity index (χ0v) is 11.7. The van der Waals surface area contributed by atoms with Gasteiger partial charge in [0.15, 0.2) is 6.17 Å². The Hall–Kier alpha value is -0.910. The van der Waals surface area contributed by atoms with Gasteiger partial charge in [-0.25, -0.2) is 4.59 Å². The van der Waals surface area contributed by atoms with E-state index in [0.29, 0.717) is 12.6 Å². The van der Waals surface area contributed by atoms with Crippen molar-refractivity contribution in [2.75, 3.05) is 26.2 Å². The highest BCUT2D eigenvalue weighted by molar-refractivity contribution is 5.79. The van der Waals surface area contributed by atoms with Crippen LogP contribution in [-0.4, -0.2) is 48.9 Å². The monoisotopic (exact) mass is 265 g/mol. The molecule has 2 heterocycles. The highest BCUT2D eigenvalue weighted by Crippen LogP contribution is 2.38. The first kappa shape index (κ1) is 13.1. The van der Waals surface area contributed by atoms with Crippen molar-refractivity contribution in [2.45, 2.75) is 38.4 Å². The average molecular weight is 265 g/mol. The van der Waals surface area contributed by atoms with Crippen molar-refractivity contribution in [3.8, 4) is 0 Å². The van der Waals surface area contributed by atoms with Crippen LogP contribution in [0.5, 0.6) is 0 Å². The quantitative estimate of drug-likeness (QED) is 0.500. The molecule has 3 N–H and O–H groups in total. The third kappa shape index (κ3) is 2.10. The fourth-order valence-corrected chi connectivity index (χ4v) is 3.75. The van der Waals surface area contributed by atoms with Crippen LogP contribution in [0.3, 0.4) is 0 Å². The Morgan fingerprint density at radius 2 is 2.32 bits per heavy atom. The average Bonchev–Trinajstić information content (AvgIpc) is 2.85. The normalized spacial score (nSPS) is 38.4. The van der Waals surface area contributed by atoms with Gasteiger partial charge >= 0.3 is 0 Å². The first-order chi connectivity index (χ1) is 9.28. The molecule has 3 unspecified atom stereocenters. The maximum Gasteiger partial charge on any atom is 0.232 e. The van der Waals surface area contributed by atoms with Crippen LogP contribution in [0.2, 0.25) is 0 Å². The number of carbonyl (C=O) groups is 1. The summed E-state index contributed by atoms with van der Waals surface area (Å²) in [5, 5.41) is 6.58. The minimum Gasteiger partial charge on any atom is -0.352 e. The summed E-state index contributed by atoms with van der Waals surface area (Å²) in [4.78, 5) is 12.3. The molecule has 3 rings (SSSR count). The lowest BCUT2D eigenvalue weighted by atomic mass is 9.90. The number of nitrogens with zero attached hydrogens (tertiary/aromatic N) is 1. The summed E-state index contributed by atoms with van der Waals surface area (Å²) in [7, 11) is 0. The standard InChI is InChI=1S/C14H24N4O/c1-2-3-7-16-14(19)12-10-17-18(11-5-4-6-11)9-8-15-13(12)18/h2-3,11-13,15,17H,4-10H2,1H3/p+1/b3-2+. The second kappa shape index (κ2) is 5.23. The Morgan fingerprint density at radius 3 is 3.00 bits per heavy atom. The van der Waals surface area contributed by atoms with Crippen LogP contribution in [0.25, 0.3) is 0 Å². The van der Waals surface area contributed by atoms with Crippen molar-refractivity contribution in [3.63, 3.8) is 0 Å².